The second-order valence-corrected chi connectivity index (χ2v) is 6.81. The monoisotopic (exact) mass is 384 g/mol. The molecule has 1 N–H and O–H groups in total. The van der Waals surface area contributed by atoms with Crippen LogP contribution < -0.4 is 5.32 Å². The highest BCUT2D eigenvalue weighted by Crippen LogP contribution is 2.33. The summed E-state index contributed by atoms with van der Waals surface area (Å²) in [5.74, 6) is -1.12. The molecule has 0 aliphatic carbocycles. The predicted molar refractivity (Wildman–Crippen MR) is 89.9 cm³/mol. The van der Waals surface area contributed by atoms with Crippen molar-refractivity contribution >= 4 is 28.8 Å². The molecule has 1 saturated heterocycles. The third-order valence-electron chi connectivity index (χ3n) is 3.77. The number of hydrogen-bond donors (Lipinski definition) is 1. The number of hydrogen-bond acceptors (Lipinski definition) is 4. The topological polar surface area (TPSA) is 58.6 Å². The van der Waals surface area contributed by atoms with Crippen LogP contribution in [0.4, 0.5) is 18.9 Å². The van der Waals surface area contributed by atoms with Gasteiger partial charge in [-0.1, -0.05) is 6.92 Å². The lowest BCUT2D eigenvalue weighted by atomic mass is 10.1. The first kappa shape index (κ1) is 18.4. The van der Waals surface area contributed by atoms with Crippen molar-refractivity contribution in [2.45, 2.75) is 13.1 Å². The Balaban J connectivity index is 1.91. The molecule has 1 aromatic carbocycles. The van der Waals surface area contributed by atoms with E-state index < -0.39 is 23.6 Å². The summed E-state index contributed by atoms with van der Waals surface area (Å²) in [4.78, 5) is 29.8. The largest absolute Gasteiger partial charge is 0.416 e. The van der Waals surface area contributed by atoms with Crippen LogP contribution in [-0.4, -0.2) is 30.0 Å². The van der Waals surface area contributed by atoms with Crippen LogP contribution in [0, 0.1) is 5.92 Å². The van der Waals surface area contributed by atoms with Gasteiger partial charge in [-0.05, 0) is 29.6 Å². The number of nitrogens with zero attached hydrogens (tertiary/aromatic N) is 1. The standard InChI is InChI=1S/C17H15F3N2O3S/c1-10-7-22(25-8-10)16(24)12-4-13(17(18,19)20)6-14(5-12)21-15(23)11-2-3-26-9-11/h2-6,9-10H,7-8H2,1H3,(H,21,23). The highest BCUT2D eigenvalue weighted by molar-refractivity contribution is 7.08. The molecule has 3 rings (SSSR count). The van der Waals surface area contributed by atoms with Crippen LogP contribution in [0.1, 0.15) is 33.2 Å². The number of carbonyl (C=O) groups is 2. The van der Waals surface area contributed by atoms with Gasteiger partial charge in [0.05, 0.1) is 24.3 Å². The molecule has 0 radical (unpaired) electrons. The summed E-state index contributed by atoms with van der Waals surface area (Å²) in [5.41, 5.74) is -0.991. The maximum atomic E-state index is 13.2. The first-order chi connectivity index (χ1) is 12.2. The molecule has 1 atom stereocenters. The summed E-state index contributed by atoms with van der Waals surface area (Å²) in [7, 11) is 0. The fourth-order valence-corrected chi connectivity index (χ4v) is 3.11. The summed E-state index contributed by atoms with van der Waals surface area (Å²) < 4.78 is 39.6. The molecular weight excluding hydrogens is 369 g/mol. The Hall–Kier alpha value is -2.39. The van der Waals surface area contributed by atoms with Gasteiger partial charge in [-0.3, -0.25) is 14.4 Å². The number of alkyl halides is 3. The summed E-state index contributed by atoms with van der Waals surface area (Å²) in [5, 5.41) is 6.71. The molecule has 9 heteroatoms. The number of thiophene rings is 1. The van der Waals surface area contributed by atoms with Crippen LogP contribution in [0.2, 0.25) is 0 Å². The van der Waals surface area contributed by atoms with Gasteiger partial charge in [-0.15, -0.1) is 0 Å². The molecule has 2 aromatic rings. The van der Waals surface area contributed by atoms with E-state index in [0.29, 0.717) is 18.7 Å². The van der Waals surface area contributed by atoms with Crippen molar-refractivity contribution < 1.29 is 27.6 Å². The van der Waals surface area contributed by atoms with Crippen molar-refractivity contribution in [2.75, 3.05) is 18.5 Å². The van der Waals surface area contributed by atoms with E-state index in [1.165, 1.54) is 17.4 Å². The molecule has 2 heterocycles. The van der Waals surface area contributed by atoms with Gasteiger partial charge in [-0.2, -0.15) is 24.5 Å². The highest BCUT2D eigenvalue weighted by atomic mass is 32.1. The van der Waals surface area contributed by atoms with E-state index in [2.05, 4.69) is 5.32 Å². The van der Waals surface area contributed by atoms with Gasteiger partial charge in [0.25, 0.3) is 11.8 Å². The third kappa shape index (κ3) is 4.05. The fraction of sp³-hybridized carbons (Fsp3) is 0.294. The van der Waals surface area contributed by atoms with E-state index in [0.717, 1.165) is 17.2 Å². The van der Waals surface area contributed by atoms with Crippen molar-refractivity contribution in [3.63, 3.8) is 0 Å². The lowest BCUT2D eigenvalue weighted by Crippen LogP contribution is -2.28. The fourth-order valence-electron chi connectivity index (χ4n) is 2.48. The number of halogens is 3. The lowest BCUT2D eigenvalue weighted by molar-refractivity contribution is -0.137. The Morgan fingerprint density at radius 1 is 1.27 bits per heavy atom. The molecule has 1 aliphatic heterocycles. The average molecular weight is 384 g/mol. The number of nitrogens with one attached hydrogen (secondary N) is 1. The minimum absolute atomic E-state index is 0.0995. The zero-order valence-electron chi connectivity index (χ0n) is 13.7. The molecule has 0 spiro atoms. The molecule has 138 valence electrons. The van der Waals surface area contributed by atoms with Crippen LogP contribution in [0.5, 0.6) is 0 Å². The Labute approximate surface area is 151 Å². The average Bonchev–Trinajstić information content (AvgIpc) is 3.24. The zero-order chi connectivity index (χ0) is 18.9. The van der Waals surface area contributed by atoms with Crippen molar-refractivity contribution in [1.29, 1.82) is 0 Å². The molecule has 1 fully saturated rings. The second kappa shape index (κ2) is 7.08. The van der Waals surface area contributed by atoms with E-state index in [9.17, 15) is 22.8 Å². The van der Waals surface area contributed by atoms with Gasteiger partial charge in [0, 0.05) is 22.5 Å². The Bertz CT molecular complexity index is 821. The molecular formula is C17H15F3N2O3S. The number of carbonyl (C=O) groups excluding carboxylic acids is 2. The molecule has 26 heavy (non-hydrogen) atoms. The first-order valence-electron chi connectivity index (χ1n) is 7.74. The van der Waals surface area contributed by atoms with Crippen molar-refractivity contribution in [2.24, 2.45) is 5.92 Å². The van der Waals surface area contributed by atoms with Crippen molar-refractivity contribution in [1.82, 2.24) is 5.06 Å². The number of hydroxylamine groups is 2. The van der Waals surface area contributed by atoms with Gasteiger partial charge in [0.15, 0.2) is 0 Å². The minimum Gasteiger partial charge on any atom is -0.322 e. The molecule has 0 bridgehead atoms. The second-order valence-electron chi connectivity index (χ2n) is 6.03. The van der Waals surface area contributed by atoms with Gasteiger partial charge in [0.1, 0.15) is 0 Å². The van der Waals surface area contributed by atoms with Crippen LogP contribution in [-0.2, 0) is 11.0 Å². The highest BCUT2D eigenvalue weighted by Gasteiger charge is 2.33. The third-order valence-corrected chi connectivity index (χ3v) is 4.45. The predicted octanol–water partition coefficient (Wildman–Crippen LogP) is 4.04. The Kier molecular flexibility index (Phi) is 5.01. The van der Waals surface area contributed by atoms with E-state index in [-0.39, 0.29) is 17.2 Å². The minimum atomic E-state index is -4.66. The number of rotatable bonds is 3. The summed E-state index contributed by atoms with van der Waals surface area (Å²) in [6.07, 6.45) is -4.66. The molecule has 2 amide bonds. The lowest BCUT2D eigenvalue weighted by Gasteiger charge is -2.17. The number of anilines is 1. The molecule has 1 aromatic heterocycles. The van der Waals surface area contributed by atoms with Crippen molar-refractivity contribution in [3.05, 3.63) is 51.7 Å². The molecule has 0 saturated carbocycles. The molecule has 5 nitrogen and oxygen atoms in total. The van der Waals surface area contributed by atoms with Gasteiger partial charge >= 0.3 is 6.18 Å². The van der Waals surface area contributed by atoms with Crippen LogP contribution in [0.3, 0.4) is 0 Å². The molecule has 1 unspecified atom stereocenters. The van der Waals surface area contributed by atoms with Gasteiger partial charge < -0.3 is 5.32 Å². The Morgan fingerprint density at radius 3 is 2.62 bits per heavy atom. The maximum Gasteiger partial charge on any atom is 0.416 e. The quantitative estimate of drug-likeness (QED) is 0.869. The summed E-state index contributed by atoms with van der Waals surface area (Å²) >= 11 is 1.29. The SMILES string of the molecule is CC1CON(C(=O)c2cc(NC(=O)c3ccsc3)cc(C(F)(F)F)c2)C1. The smallest absolute Gasteiger partial charge is 0.322 e. The number of amides is 2. The summed E-state index contributed by atoms with van der Waals surface area (Å²) in [6, 6.07) is 4.33. The van der Waals surface area contributed by atoms with Gasteiger partial charge in [0.2, 0.25) is 0 Å². The van der Waals surface area contributed by atoms with Crippen LogP contribution in [0.15, 0.2) is 35.0 Å². The number of benzene rings is 1. The normalized spacial score (nSPS) is 17.4. The summed E-state index contributed by atoms with van der Waals surface area (Å²) in [6.45, 7) is 2.49. The van der Waals surface area contributed by atoms with Crippen molar-refractivity contribution in [3.8, 4) is 0 Å². The molecule has 1 aliphatic rings. The zero-order valence-corrected chi connectivity index (χ0v) is 14.5. The van der Waals surface area contributed by atoms with Crippen LogP contribution in [0.25, 0.3) is 0 Å². The first-order valence-corrected chi connectivity index (χ1v) is 8.69. The van der Waals surface area contributed by atoms with E-state index in [1.54, 1.807) is 16.8 Å². The van der Waals surface area contributed by atoms with Gasteiger partial charge in [-0.25, -0.2) is 5.06 Å². The Morgan fingerprint density at radius 2 is 2.04 bits per heavy atom. The van der Waals surface area contributed by atoms with E-state index >= 15 is 0 Å². The van der Waals surface area contributed by atoms with Crippen LogP contribution >= 0.6 is 11.3 Å². The maximum absolute atomic E-state index is 13.2. The van der Waals surface area contributed by atoms with E-state index in [4.69, 9.17) is 4.84 Å². The van der Waals surface area contributed by atoms with E-state index in [1.807, 2.05) is 6.92 Å².